The Morgan fingerprint density at radius 1 is 1.04 bits per heavy atom. The van der Waals surface area contributed by atoms with E-state index >= 15 is 4.39 Å². The van der Waals surface area contributed by atoms with Gasteiger partial charge in [-0.05, 0) is 42.2 Å². The molecular formula is C34H38FN5O6S2. The van der Waals surface area contributed by atoms with Crippen LogP contribution in [-0.2, 0) is 30.7 Å². The molecule has 0 spiro atoms. The van der Waals surface area contributed by atoms with Crippen molar-refractivity contribution in [1.82, 2.24) is 20.5 Å². The first-order valence-corrected chi connectivity index (χ1v) is 18.5. The van der Waals surface area contributed by atoms with E-state index in [-0.39, 0.29) is 41.5 Å². The highest BCUT2D eigenvalue weighted by molar-refractivity contribution is 7.92. The first-order valence-electron chi connectivity index (χ1n) is 16.0. The maximum atomic E-state index is 15.4. The van der Waals surface area contributed by atoms with Crippen LogP contribution in [0, 0.1) is 5.82 Å². The van der Waals surface area contributed by atoms with Gasteiger partial charge in [-0.1, -0.05) is 42.5 Å². The number of amides is 2. The van der Waals surface area contributed by atoms with Crippen molar-refractivity contribution in [3.63, 3.8) is 0 Å². The van der Waals surface area contributed by atoms with Crippen molar-refractivity contribution in [1.29, 1.82) is 0 Å². The van der Waals surface area contributed by atoms with Crippen molar-refractivity contribution in [2.45, 2.75) is 30.7 Å². The van der Waals surface area contributed by atoms with Crippen molar-refractivity contribution in [2.75, 3.05) is 57.0 Å². The second-order valence-electron chi connectivity index (χ2n) is 11.8. The number of hydrogen-bond donors (Lipinski definition) is 3. The van der Waals surface area contributed by atoms with E-state index < -0.39 is 32.9 Å². The lowest BCUT2D eigenvalue weighted by Gasteiger charge is -2.27. The highest BCUT2D eigenvalue weighted by atomic mass is 32.2. The second kappa shape index (κ2) is 15.5. The number of sulfone groups is 1. The Hall–Kier alpha value is -3.95. The second-order valence-corrected chi connectivity index (χ2v) is 15.1. The van der Waals surface area contributed by atoms with Crippen LogP contribution in [0.4, 0.5) is 14.9 Å². The van der Waals surface area contributed by atoms with Gasteiger partial charge < -0.3 is 20.1 Å². The zero-order valence-corrected chi connectivity index (χ0v) is 28.0. The van der Waals surface area contributed by atoms with Gasteiger partial charge in [0.2, 0.25) is 5.91 Å². The fraction of sp³-hybridized carbons (Fsp3) is 0.382. The molecule has 2 fully saturated rings. The van der Waals surface area contributed by atoms with E-state index in [4.69, 9.17) is 9.47 Å². The number of carbonyl (C=O) groups is 2. The van der Waals surface area contributed by atoms with Gasteiger partial charge in [0.25, 0.3) is 0 Å². The van der Waals surface area contributed by atoms with E-state index in [2.05, 4.69) is 20.9 Å². The number of anilines is 1. The van der Waals surface area contributed by atoms with Gasteiger partial charge in [-0.25, -0.2) is 22.6 Å². The highest BCUT2D eigenvalue weighted by Gasteiger charge is 2.37. The summed E-state index contributed by atoms with van der Waals surface area (Å²) in [6, 6.07) is 19.2. The van der Waals surface area contributed by atoms with Crippen molar-refractivity contribution in [3.8, 4) is 11.1 Å². The zero-order valence-electron chi connectivity index (χ0n) is 26.3. The molecule has 3 N–H and O–H groups in total. The van der Waals surface area contributed by atoms with Crippen LogP contribution in [0.3, 0.4) is 0 Å². The van der Waals surface area contributed by atoms with Crippen molar-refractivity contribution >= 4 is 49.1 Å². The summed E-state index contributed by atoms with van der Waals surface area (Å²) in [5.74, 6) is -1.41. The number of benzene rings is 3. The molecule has 2 heterocycles. The Morgan fingerprint density at radius 3 is 2.52 bits per heavy atom. The summed E-state index contributed by atoms with van der Waals surface area (Å²) in [4.78, 5) is 32.2. The molecule has 1 aliphatic heterocycles. The Labute approximate surface area is 282 Å². The minimum Gasteiger partial charge on any atom is -0.444 e. The van der Waals surface area contributed by atoms with E-state index in [1.807, 2.05) is 35.2 Å². The smallest absolute Gasteiger partial charge is 0.411 e. The molecule has 1 aromatic heterocycles. The average molecular weight is 696 g/mol. The summed E-state index contributed by atoms with van der Waals surface area (Å²) >= 11 is 1.07. The summed E-state index contributed by atoms with van der Waals surface area (Å²) in [5.41, 5.74) is 2.43. The van der Waals surface area contributed by atoms with Crippen LogP contribution in [0.2, 0.25) is 0 Å². The molecule has 1 saturated carbocycles. The number of thiazole rings is 1. The van der Waals surface area contributed by atoms with E-state index in [1.165, 1.54) is 6.07 Å². The number of halogens is 1. The molecular weight excluding hydrogens is 658 g/mol. The summed E-state index contributed by atoms with van der Waals surface area (Å²) in [7, 11) is -3.98. The number of carbonyl (C=O) groups excluding carboxylic acids is 2. The third-order valence-electron chi connectivity index (χ3n) is 8.20. The van der Waals surface area contributed by atoms with Crippen LogP contribution in [0.15, 0.2) is 66.7 Å². The standard InChI is InChI=1S/C34H38FN5O6S2/c35-28-21-29-30(20-27(28)24-6-8-26(9-7-24)38-34(42)46-22-23-4-2-1-3-5-23)47-33(39-29)31(32(41)37-13-12-36-25-10-11-25)48(43,44)19-16-40-14-17-45-18-15-40/h1-9,20-21,25,31,36H,10-19,22H2,(H,37,41)(H,38,42). The first-order chi connectivity index (χ1) is 23.2. The molecule has 4 aromatic rings. The predicted octanol–water partition coefficient (Wildman–Crippen LogP) is 4.51. The van der Waals surface area contributed by atoms with Gasteiger partial charge in [0.15, 0.2) is 15.1 Å². The molecule has 48 heavy (non-hydrogen) atoms. The molecule has 3 aromatic carbocycles. The minimum atomic E-state index is -3.98. The highest BCUT2D eigenvalue weighted by Crippen LogP contribution is 2.36. The number of hydrogen-bond acceptors (Lipinski definition) is 10. The zero-order chi connectivity index (χ0) is 33.5. The molecule has 0 bridgehead atoms. The number of nitrogens with one attached hydrogen (secondary N) is 3. The largest absolute Gasteiger partial charge is 0.444 e. The van der Waals surface area contributed by atoms with Crippen LogP contribution >= 0.6 is 11.3 Å². The minimum absolute atomic E-state index is 0.102. The number of nitrogens with zero attached hydrogens (tertiary/aromatic N) is 2. The number of rotatable bonds is 14. The fourth-order valence-electron chi connectivity index (χ4n) is 5.38. The predicted molar refractivity (Wildman–Crippen MR) is 183 cm³/mol. The van der Waals surface area contributed by atoms with Crippen LogP contribution in [-0.4, -0.2) is 88.0 Å². The third-order valence-corrected chi connectivity index (χ3v) is 11.3. The van der Waals surface area contributed by atoms with Gasteiger partial charge in [-0.15, -0.1) is 11.3 Å². The molecule has 0 radical (unpaired) electrons. The Kier molecular flexibility index (Phi) is 11.0. The molecule has 1 aliphatic carbocycles. The third kappa shape index (κ3) is 8.94. The van der Waals surface area contributed by atoms with Crippen LogP contribution < -0.4 is 16.0 Å². The SMILES string of the molecule is O=C(Nc1ccc(-c2cc3sc(C(C(=O)NCCNC4CC4)S(=O)(=O)CCN4CCOCC4)nc3cc2F)cc1)OCc1ccccc1. The molecule has 2 amide bonds. The van der Waals surface area contributed by atoms with Crippen molar-refractivity contribution in [2.24, 2.45) is 0 Å². The summed E-state index contributed by atoms with van der Waals surface area (Å²) in [6.07, 6.45) is 1.58. The fourth-order valence-corrected chi connectivity index (χ4v) is 8.45. The normalized spacial score (nSPS) is 16.0. The van der Waals surface area contributed by atoms with Gasteiger partial charge in [-0.3, -0.25) is 15.0 Å². The molecule has 2 aliphatic rings. The molecule has 11 nitrogen and oxygen atoms in total. The van der Waals surface area contributed by atoms with Crippen LogP contribution in [0.25, 0.3) is 21.3 Å². The lowest BCUT2D eigenvalue weighted by molar-refractivity contribution is -0.120. The molecule has 1 unspecified atom stereocenters. The maximum Gasteiger partial charge on any atom is 0.411 e. The summed E-state index contributed by atoms with van der Waals surface area (Å²) < 4.78 is 54.1. The van der Waals surface area contributed by atoms with Gasteiger partial charge in [0, 0.05) is 56.1 Å². The number of fused-ring (bicyclic) bond motifs is 1. The van der Waals surface area contributed by atoms with Gasteiger partial charge in [-0.2, -0.15) is 0 Å². The number of ether oxygens (including phenoxy) is 2. The van der Waals surface area contributed by atoms with Crippen molar-refractivity contribution < 1.29 is 31.9 Å². The van der Waals surface area contributed by atoms with E-state index in [0.29, 0.717) is 54.8 Å². The quantitative estimate of drug-likeness (QED) is 0.163. The maximum absolute atomic E-state index is 15.4. The molecule has 1 saturated heterocycles. The number of aromatic nitrogens is 1. The monoisotopic (exact) mass is 695 g/mol. The van der Waals surface area contributed by atoms with E-state index in [0.717, 1.165) is 29.7 Å². The van der Waals surface area contributed by atoms with Gasteiger partial charge >= 0.3 is 6.09 Å². The lowest BCUT2D eigenvalue weighted by atomic mass is 10.0. The molecule has 6 rings (SSSR count). The topological polar surface area (TPSA) is 139 Å². The van der Waals surface area contributed by atoms with Gasteiger partial charge in [0.05, 0.1) is 29.2 Å². The average Bonchev–Trinajstić information content (AvgIpc) is 3.84. The summed E-state index contributed by atoms with van der Waals surface area (Å²) in [6.45, 7) is 3.53. The first kappa shape index (κ1) is 33.9. The Bertz CT molecular complexity index is 1830. The van der Waals surface area contributed by atoms with Gasteiger partial charge in [0.1, 0.15) is 17.4 Å². The van der Waals surface area contributed by atoms with E-state index in [9.17, 15) is 18.0 Å². The van der Waals surface area contributed by atoms with E-state index in [1.54, 1.807) is 30.3 Å². The van der Waals surface area contributed by atoms with Crippen LogP contribution in [0.1, 0.15) is 28.7 Å². The number of morpholine rings is 1. The van der Waals surface area contributed by atoms with Crippen molar-refractivity contribution in [3.05, 3.63) is 83.1 Å². The van der Waals surface area contributed by atoms with Crippen LogP contribution in [0.5, 0.6) is 0 Å². The Balaban J connectivity index is 1.17. The Morgan fingerprint density at radius 2 is 1.79 bits per heavy atom. The molecule has 14 heteroatoms. The lowest BCUT2D eigenvalue weighted by Crippen LogP contribution is -2.42. The molecule has 254 valence electrons. The summed E-state index contributed by atoms with van der Waals surface area (Å²) in [5, 5.41) is 7.33. The molecule has 1 atom stereocenters.